The summed E-state index contributed by atoms with van der Waals surface area (Å²) in [6, 6.07) is 7.00. The van der Waals surface area contributed by atoms with Gasteiger partial charge in [-0.2, -0.15) is 13.2 Å². The molecule has 0 aliphatic rings. The highest BCUT2D eigenvalue weighted by Crippen LogP contribution is 2.33. The van der Waals surface area contributed by atoms with E-state index in [1.165, 1.54) is 6.07 Å². The molecule has 0 amide bonds. The van der Waals surface area contributed by atoms with Gasteiger partial charge in [0.15, 0.2) is 0 Å². The fourth-order valence-electron chi connectivity index (χ4n) is 1.95. The molecule has 21 heavy (non-hydrogen) atoms. The molecular formula is C15H12ClF4N. The summed E-state index contributed by atoms with van der Waals surface area (Å²) in [5.74, 6) is -1.34. The van der Waals surface area contributed by atoms with E-state index >= 15 is 0 Å². The standard InChI is InChI=1S/C15H12ClF4N/c1-8-2-3-9(6-12(8)16)14(21)10-4-5-11(13(17)7-10)15(18,19)20/h2-7,14H,21H2,1H3. The zero-order chi connectivity index (χ0) is 15.8. The van der Waals surface area contributed by atoms with Crippen molar-refractivity contribution < 1.29 is 17.6 Å². The van der Waals surface area contributed by atoms with Gasteiger partial charge in [0.1, 0.15) is 5.82 Å². The van der Waals surface area contributed by atoms with Crippen LogP contribution < -0.4 is 5.73 Å². The van der Waals surface area contributed by atoms with Crippen LogP contribution in [0.15, 0.2) is 36.4 Å². The molecule has 0 saturated carbocycles. The summed E-state index contributed by atoms with van der Waals surface area (Å²) in [6.45, 7) is 1.81. The van der Waals surface area contributed by atoms with Crippen LogP contribution in [0.1, 0.15) is 28.3 Å². The average Bonchev–Trinajstić information content (AvgIpc) is 2.39. The van der Waals surface area contributed by atoms with Crippen molar-refractivity contribution in [3.05, 3.63) is 69.5 Å². The minimum Gasteiger partial charge on any atom is -0.320 e. The Hall–Kier alpha value is -1.59. The van der Waals surface area contributed by atoms with Crippen molar-refractivity contribution >= 4 is 11.6 Å². The highest BCUT2D eigenvalue weighted by Gasteiger charge is 2.34. The van der Waals surface area contributed by atoms with E-state index in [-0.39, 0.29) is 5.56 Å². The number of benzene rings is 2. The minimum atomic E-state index is -4.72. The Bertz CT molecular complexity index is 667. The van der Waals surface area contributed by atoms with Crippen LogP contribution in [0.25, 0.3) is 0 Å². The molecule has 2 N–H and O–H groups in total. The second-order valence-electron chi connectivity index (χ2n) is 4.72. The van der Waals surface area contributed by atoms with E-state index in [1.54, 1.807) is 18.2 Å². The summed E-state index contributed by atoms with van der Waals surface area (Å²) >= 11 is 5.98. The molecule has 2 aromatic rings. The summed E-state index contributed by atoms with van der Waals surface area (Å²) in [7, 11) is 0. The molecular weight excluding hydrogens is 306 g/mol. The van der Waals surface area contributed by atoms with E-state index in [4.69, 9.17) is 17.3 Å². The van der Waals surface area contributed by atoms with Gasteiger partial charge in [-0.1, -0.05) is 29.8 Å². The lowest BCUT2D eigenvalue weighted by Gasteiger charge is -2.15. The van der Waals surface area contributed by atoms with Crippen LogP contribution in [-0.2, 0) is 6.18 Å². The molecule has 0 bridgehead atoms. The second-order valence-corrected chi connectivity index (χ2v) is 5.13. The zero-order valence-electron chi connectivity index (χ0n) is 11.0. The third-order valence-corrected chi connectivity index (χ3v) is 3.62. The van der Waals surface area contributed by atoms with E-state index in [0.717, 1.165) is 11.6 Å². The maximum atomic E-state index is 13.6. The SMILES string of the molecule is Cc1ccc(C(N)c2ccc(C(F)(F)F)c(F)c2)cc1Cl. The van der Waals surface area contributed by atoms with Crippen LogP contribution in [-0.4, -0.2) is 0 Å². The van der Waals surface area contributed by atoms with E-state index in [9.17, 15) is 17.6 Å². The summed E-state index contributed by atoms with van der Waals surface area (Å²) in [6.07, 6.45) is -4.72. The van der Waals surface area contributed by atoms with Gasteiger partial charge in [-0.05, 0) is 41.8 Å². The van der Waals surface area contributed by atoms with Gasteiger partial charge in [0.25, 0.3) is 0 Å². The molecule has 0 saturated heterocycles. The highest BCUT2D eigenvalue weighted by molar-refractivity contribution is 6.31. The van der Waals surface area contributed by atoms with E-state index in [0.29, 0.717) is 16.7 Å². The molecule has 2 rings (SSSR count). The lowest BCUT2D eigenvalue weighted by atomic mass is 9.97. The average molecular weight is 318 g/mol. The maximum absolute atomic E-state index is 13.6. The first-order chi connectivity index (χ1) is 9.70. The number of hydrogen-bond acceptors (Lipinski definition) is 1. The van der Waals surface area contributed by atoms with Gasteiger partial charge in [0.05, 0.1) is 11.6 Å². The van der Waals surface area contributed by atoms with Crippen molar-refractivity contribution in [1.82, 2.24) is 0 Å². The second kappa shape index (κ2) is 5.66. The maximum Gasteiger partial charge on any atom is 0.419 e. The third-order valence-electron chi connectivity index (χ3n) is 3.21. The normalized spacial score (nSPS) is 13.3. The number of aryl methyl sites for hydroxylation is 1. The van der Waals surface area contributed by atoms with Crippen molar-refractivity contribution in [2.45, 2.75) is 19.1 Å². The monoisotopic (exact) mass is 317 g/mol. The Morgan fingerprint density at radius 2 is 1.62 bits per heavy atom. The van der Waals surface area contributed by atoms with Gasteiger partial charge in [-0.25, -0.2) is 4.39 Å². The summed E-state index contributed by atoms with van der Waals surface area (Å²) in [5.41, 5.74) is 6.36. The Labute approximate surface area is 124 Å². The van der Waals surface area contributed by atoms with Gasteiger partial charge >= 0.3 is 6.18 Å². The molecule has 0 aliphatic heterocycles. The van der Waals surface area contributed by atoms with Crippen LogP contribution in [0.4, 0.5) is 17.6 Å². The molecule has 6 heteroatoms. The summed E-state index contributed by atoms with van der Waals surface area (Å²) in [5, 5.41) is 0.496. The summed E-state index contributed by atoms with van der Waals surface area (Å²) < 4.78 is 51.1. The molecule has 0 spiro atoms. The zero-order valence-corrected chi connectivity index (χ0v) is 11.8. The quantitative estimate of drug-likeness (QED) is 0.787. The molecule has 1 nitrogen and oxygen atoms in total. The Kier molecular flexibility index (Phi) is 4.25. The van der Waals surface area contributed by atoms with Crippen molar-refractivity contribution in [3.8, 4) is 0 Å². The fraction of sp³-hybridized carbons (Fsp3) is 0.200. The molecule has 0 fully saturated rings. The highest BCUT2D eigenvalue weighted by atomic mass is 35.5. The first-order valence-electron chi connectivity index (χ1n) is 6.08. The van der Waals surface area contributed by atoms with Gasteiger partial charge in [-0.3, -0.25) is 0 Å². The van der Waals surface area contributed by atoms with Crippen molar-refractivity contribution in [2.24, 2.45) is 5.73 Å². The van der Waals surface area contributed by atoms with Crippen molar-refractivity contribution in [2.75, 3.05) is 0 Å². The number of rotatable bonds is 2. The fourth-order valence-corrected chi connectivity index (χ4v) is 2.14. The van der Waals surface area contributed by atoms with Crippen LogP contribution in [0.3, 0.4) is 0 Å². The van der Waals surface area contributed by atoms with Gasteiger partial charge < -0.3 is 5.73 Å². The predicted octanol–water partition coefficient (Wildman–Crippen LogP) is 4.85. The van der Waals surface area contributed by atoms with E-state index < -0.39 is 23.6 Å². The van der Waals surface area contributed by atoms with Crippen molar-refractivity contribution in [1.29, 1.82) is 0 Å². The van der Waals surface area contributed by atoms with Crippen molar-refractivity contribution in [3.63, 3.8) is 0 Å². The molecule has 0 aromatic heterocycles. The van der Waals surface area contributed by atoms with Crippen LogP contribution >= 0.6 is 11.6 Å². The first-order valence-corrected chi connectivity index (χ1v) is 6.46. The lowest BCUT2D eigenvalue weighted by molar-refractivity contribution is -0.140. The molecule has 0 radical (unpaired) electrons. The number of nitrogens with two attached hydrogens (primary N) is 1. The number of halogens is 5. The predicted molar refractivity (Wildman–Crippen MR) is 73.6 cm³/mol. The molecule has 1 unspecified atom stereocenters. The first kappa shape index (κ1) is 15.8. The largest absolute Gasteiger partial charge is 0.419 e. The Morgan fingerprint density at radius 1 is 1.05 bits per heavy atom. The molecule has 0 heterocycles. The van der Waals surface area contributed by atoms with E-state index in [2.05, 4.69) is 0 Å². The topological polar surface area (TPSA) is 26.0 Å². The lowest BCUT2D eigenvalue weighted by Crippen LogP contribution is -2.14. The van der Waals surface area contributed by atoms with Crippen LogP contribution in [0, 0.1) is 12.7 Å². The Morgan fingerprint density at radius 3 is 2.14 bits per heavy atom. The van der Waals surface area contributed by atoms with Gasteiger partial charge in [-0.15, -0.1) is 0 Å². The third kappa shape index (κ3) is 3.36. The van der Waals surface area contributed by atoms with Gasteiger partial charge in [0.2, 0.25) is 0 Å². The van der Waals surface area contributed by atoms with Crippen LogP contribution in [0.5, 0.6) is 0 Å². The van der Waals surface area contributed by atoms with Crippen LogP contribution in [0.2, 0.25) is 5.02 Å². The van der Waals surface area contributed by atoms with Gasteiger partial charge in [0, 0.05) is 5.02 Å². The molecule has 0 aliphatic carbocycles. The summed E-state index contributed by atoms with van der Waals surface area (Å²) in [4.78, 5) is 0. The molecule has 112 valence electrons. The minimum absolute atomic E-state index is 0.250. The smallest absolute Gasteiger partial charge is 0.320 e. The number of hydrogen-bond donors (Lipinski definition) is 1. The molecule has 1 atom stereocenters. The van der Waals surface area contributed by atoms with E-state index in [1.807, 2.05) is 6.92 Å². The Balaban J connectivity index is 2.38. The number of alkyl halides is 3. The molecule has 2 aromatic carbocycles.